The molecule has 17 heavy (non-hydrogen) atoms. The van der Waals surface area contributed by atoms with E-state index in [4.69, 9.17) is 10.4 Å². The summed E-state index contributed by atoms with van der Waals surface area (Å²) in [5.41, 5.74) is 2.40. The molecular weight excluding hydrogens is 212 g/mol. The molecule has 0 bridgehead atoms. The van der Waals surface area contributed by atoms with Gasteiger partial charge in [-0.1, -0.05) is 6.07 Å². The number of hydrogen-bond acceptors (Lipinski definition) is 3. The minimum absolute atomic E-state index is 0.0170. The topological polar surface area (TPSA) is 47.3 Å². The third kappa shape index (κ3) is 2.42. The third-order valence-corrected chi connectivity index (χ3v) is 3.66. The van der Waals surface area contributed by atoms with Crippen LogP contribution in [0.2, 0.25) is 0 Å². The van der Waals surface area contributed by atoms with Crippen molar-refractivity contribution < 1.29 is 5.11 Å². The van der Waals surface area contributed by atoms with Crippen molar-refractivity contribution >= 4 is 5.69 Å². The van der Waals surface area contributed by atoms with Crippen molar-refractivity contribution in [1.29, 1.82) is 5.26 Å². The van der Waals surface area contributed by atoms with E-state index in [1.165, 1.54) is 12.8 Å². The van der Waals surface area contributed by atoms with Crippen molar-refractivity contribution in [3.8, 4) is 6.07 Å². The largest absolute Gasteiger partial charge is 0.392 e. The van der Waals surface area contributed by atoms with Crippen LogP contribution in [-0.2, 0) is 6.61 Å². The van der Waals surface area contributed by atoms with Crippen molar-refractivity contribution in [1.82, 2.24) is 0 Å². The molecule has 0 heterocycles. The van der Waals surface area contributed by atoms with E-state index in [1.54, 1.807) is 6.07 Å². The molecule has 3 heteroatoms. The number of aliphatic hydroxyl groups excluding tert-OH is 1. The van der Waals surface area contributed by atoms with E-state index in [0.29, 0.717) is 11.6 Å². The highest BCUT2D eigenvalue weighted by Gasteiger charge is 2.31. The fraction of sp³-hybridized carbons (Fsp3) is 0.500. The minimum Gasteiger partial charge on any atom is -0.392 e. The number of nitriles is 1. The van der Waals surface area contributed by atoms with Crippen LogP contribution in [-0.4, -0.2) is 18.2 Å². The molecule has 1 aliphatic rings. The molecule has 1 unspecified atom stereocenters. The summed E-state index contributed by atoms with van der Waals surface area (Å²) in [6.45, 7) is 2.19. The van der Waals surface area contributed by atoms with Crippen molar-refractivity contribution in [2.24, 2.45) is 5.92 Å². The number of hydrogen-bond donors (Lipinski definition) is 1. The summed E-state index contributed by atoms with van der Waals surface area (Å²) >= 11 is 0. The second kappa shape index (κ2) is 4.77. The maximum Gasteiger partial charge on any atom is 0.101 e. The van der Waals surface area contributed by atoms with Crippen LogP contribution < -0.4 is 4.90 Å². The number of anilines is 1. The molecule has 0 aromatic heterocycles. The van der Waals surface area contributed by atoms with E-state index >= 15 is 0 Å². The lowest BCUT2D eigenvalue weighted by Crippen LogP contribution is -2.31. The Morgan fingerprint density at radius 3 is 2.76 bits per heavy atom. The summed E-state index contributed by atoms with van der Waals surface area (Å²) < 4.78 is 0. The van der Waals surface area contributed by atoms with Gasteiger partial charge in [0.05, 0.1) is 17.9 Å². The van der Waals surface area contributed by atoms with Crippen LogP contribution in [0.15, 0.2) is 18.2 Å². The predicted octanol–water partition coefficient (Wildman–Crippen LogP) is 2.29. The zero-order valence-corrected chi connectivity index (χ0v) is 10.3. The van der Waals surface area contributed by atoms with Gasteiger partial charge in [0, 0.05) is 13.1 Å². The van der Waals surface area contributed by atoms with E-state index in [0.717, 1.165) is 17.2 Å². The highest BCUT2D eigenvalue weighted by molar-refractivity contribution is 5.60. The first-order valence-corrected chi connectivity index (χ1v) is 6.04. The van der Waals surface area contributed by atoms with Crippen LogP contribution in [0.3, 0.4) is 0 Å². The summed E-state index contributed by atoms with van der Waals surface area (Å²) in [4.78, 5) is 2.18. The van der Waals surface area contributed by atoms with E-state index < -0.39 is 0 Å². The summed E-state index contributed by atoms with van der Waals surface area (Å²) in [5.74, 6) is 0.768. The lowest BCUT2D eigenvalue weighted by atomic mass is 10.1. The highest BCUT2D eigenvalue weighted by atomic mass is 16.3. The molecule has 1 aliphatic carbocycles. The monoisotopic (exact) mass is 230 g/mol. The summed E-state index contributed by atoms with van der Waals surface area (Å²) in [7, 11) is 2.04. The SMILES string of the molecule is CC(C1CC1)N(C)c1ccc(CO)cc1C#N. The summed E-state index contributed by atoms with van der Waals surface area (Å²) in [6, 6.07) is 8.27. The fourth-order valence-electron chi connectivity index (χ4n) is 2.19. The van der Waals surface area contributed by atoms with Crippen molar-refractivity contribution in [3.63, 3.8) is 0 Å². The van der Waals surface area contributed by atoms with Crippen LogP contribution >= 0.6 is 0 Å². The van der Waals surface area contributed by atoms with E-state index in [-0.39, 0.29) is 6.61 Å². The third-order valence-electron chi connectivity index (χ3n) is 3.66. The summed E-state index contributed by atoms with van der Waals surface area (Å²) in [6.07, 6.45) is 2.59. The standard InChI is InChI=1S/C14H18N2O/c1-10(12-4-5-12)16(2)14-6-3-11(9-17)7-13(14)8-15/h3,6-7,10,12,17H,4-5,9H2,1-2H3. The Morgan fingerprint density at radius 2 is 2.24 bits per heavy atom. The molecule has 1 atom stereocenters. The molecular formula is C14H18N2O. The van der Waals surface area contributed by atoms with Gasteiger partial charge in [-0.3, -0.25) is 0 Å². The molecule has 1 saturated carbocycles. The lowest BCUT2D eigenvalue weighted by molar-refractivity contribution is 0.282. The average Bonchev–Trinajstić information content (AvgIpc) is 3.20. The second-order valence-corrected chi connectivity index (χ2v) is 4.81. The molecule has 90 valence electrons. The highest BCUT2D eigenvalue weighted by Crippen LogP contribution is 2.37. The Balaban J connectivity index is 2.27. The molecule has 0 saturated heterocycles. The van der Waals surface area contributed by atoms with Crippen LogP contribution in [0.1, 0.15) is 30.9 Å². The quantitative estimate of drug-likeness (QED) is 0.863. The van der Waals surface area contributed by atoms with Gasteiger partial charge in [0.25, 0.3) is 0 Å². The van der Waals surface area contributed by atoms with Gasteiger partial charge < -0.3 is 10.0 Å². The second-order valence-electron chi connectivity index (χ2n) is 4.81. The first kappa shape index (κ1) is 11.9. The van der Waals surface area contributed by atoms with Gasteiger partial charge in [-0.25, -0.2) is 0 Å². The smallest absolute Gasteiger partial charge is 0.101 e. The Bertz CT molecular complexity index is 446. The fourth-order valence-corrected chi connectivity index (χ4v) is 2.19. The zero-order valence-electron chi connectivity index (χ0n) is 10.3. The first-order chi connectivity index (χ1) is 8.17. The number of rotatable bonds is 4. The molecule has 3 nitrogen and oxygen atoms in total. The molecule has 1 N–H and O–H groups in total. The van der Waals surface area contributed by atoms with Crippen LogP contribution in [0.25, 0.3) is 0 Å². The maximum atomic E-state index is 9.16. The number of nitrogens with zero attached hydrogens (tertiary/aromatic N) is 2. The van der Waals surface area contributed by atoms with Gasteiger partial charge in [0.1, 0.15) is 6.07 Å². The van der Waals surface area contributed by atoms with Crippen LogP contribution in [0.5, 0.6) is 0 Å². The van der Waals surface area contributed by atoms with Crippen molar-refractivity contribution in [3.05, 3.63) is 29.3 Å². The Morgan fingerprint density at radius 1 is 1.53 bits per heavy atom. The molecule has 1 aromatic carbocycles. The Labute approximate surface area is 102 Å². The van der Waals surface area contributed by atoms with Gasteiger partial charge in [0.15, 0.2) is 0 Å². The van der Waals surface area contributed by atoms with E-state index in [1.807, 2.05) is 19.2 Å². The molecule has 0 aliphatic heterocycles. The van der Waals surface area contributed by atoms with Gasteiger partial charge in [-0.2, -0.15) is 5.26 Å². The normalized spacial score (nSPS) is 16.4. The average molecular weight is 230 g/mol. The molecule has 0 spiro atoms. The van der Waals surface area contributed by atoms with Gasteiger partial charge in [0.2, 0.25) is 0 Å². The predicted molar refractivity (Wildman–Crippen MR) is 67.7 cm³/mol. The Hall–Kier alpha value is -1.53. The first-order valence-electron chi connectivity index (χ1n) is 6.04. The number of aliphatic hydroxyl groups is 1. The van der Waals surface area contributed by atoms with Crippen molar-refractivity contribution in [2.75, 3.05) is 11.9 Å². The van der Waals surface area contributed by atoms with Gasteiger partial charge in [-0.15, -0.1) is 0 Å². The van der Waals surface area contributed by atoms with Crippen molar-refractivity contribution in [2.45, 2.75) is 32.4 Å². The van der Waals surface area contributed by atoms with E-state index in [9.17, 15) is 0 Å². The minimum atomic E-state index is -0.0170. The van der Waals surface area contributed by atoms with E-state index in [2.05, 4.69) is 17.9 Å². The molecule has 0 radical (unpaired) electrons. The Kier molecular flexibility index (Phi) is 3.35. The van der Waals surface area contributed by atoms with Crippen LogP contribution in [0.4, 0.5) is 5.69 Å². The molecule has 1 fully saturated rings. The summed E-state index contributed by atoms with van der Waals surface area (Å²) in [5, 5.41) is 18.2. The zero-order chi connectivity index (χ0) is 12.4. The molecule has 0 amide bonds. The number of benzene rings is 1. The lowest BCUT2D eigenvalue weighted by Gasteiger charge is -2.28. The van der Waals surface area contributed by atoms with Crippen LogP contribution in [0, 0.1) is 17.2 Å². The molecule has 2 rings (SSSR count). The van der Waals surface area contributed by atoms with Gasteiger partial charge in [-0.05, 0) is 43.4 Å². The van der Waals surface area contributed by atoms with Gasteiger partial charge >= 0.3 is 0 Å². The molecule has 1 aromatic rings. The maximum absolute atomic E-state index is 9.16.